The first-order chi connectivity index (χ1) is 16.4. The highest BCUT2D eigenvalue weighted by atomic mass is 35.5. The number of benzene rings is 1. The number of aryl methyl sites for hydroxylation is 2. The summed E-state index contributed by atoms with van der Waals surface area (Å²) in [7, 11) is 0. The zero-order valence-corrected chi connectivity index (χ0v) is 20.9. The SMILES string of the molecule is Cc1sc2c(c1C)C(c1ccc(Cl)cc1)=N[C@@H](CC(=O)NCCN1C=CNC1)c1nnc(C)n1-2. The smallest absolute Gasteiger partial charge is 0.222 e. The standard InChI is InChI=1S/C24H26ClN7OS/c1-14-15(2)34-24-21(14)22(17-4-6-18(25)7-5-17)28-19(23-30-29-16(3)32(23)24)12-20(33)27-9-11-31-10-8-26-13-31/h4-8,10,19,26H,9,11-13H2,1-3H3,(H,27,33)/t19-/m0/s1. The van der Waals surface area contributed by atoms with Crippen LogP contribution in [0.5, 0.6) is 0 Å². The van der Waals surface area contributed by atoms with Crippen LogP contribution in [-0.2, 0) is 4.79 Å². The molecule has 176 valence electrons. The van der Waals surface area contributed by atoms with E-state index in [-0.39, 0.29) is 12.3 Å². The summed E-state index contributed by atoms with van der Waals surface area (Å²) in [5.41, 5.74) is 4.04. The van der Waals surface area contributed by atoms with Crippen molar-refractivity contribution in [3.05, 3.63) is 74.9 Å². The predicted octanol–water partition coefficient (Wildman–Crippen LogP) is 3.64. The second kappa shape index (κ2) is 9.23. The van der Waals surface area contributed by atoms with Crippen molar-refractivity contribution in [2.75, 3.05) is 19.8 Å². The molecular weight excluding hydrogens is 470 g/mol. The highest BCUT2D eigenvalue weighted by molar-refractivity contribution is 7.15. The maximum absolute atomic E-state index is 12.9. The Labute approximate surface area is 207 Å². The quantitative estimate of drug-likeness (QED) is 0.545. The van der Waals surface area contributed by atoms with Crippen LogP contribution in [0, 0.1) is 20.8 Å². The lowest BCUT2D eigenvalue weighted by molar-refractivity contribution is -0.121. The van der Waals surface area contributed by atoms with E-state index in [1.165, 1.54) is 10.4 Å². The number of rotatable bonds is 6. The Morgan fingerprint density at radius 2 is 2.03 bits per heavy atom. The van der Waals surface area contributed by atoms with Crippen molar-refractivity contribution in [3.8, 4) is 5.00 Å². The molecule has 34 heavy (non-hydrogen) atoms. The number of amides is 1. The predicted molar refractivity (Wildman–Crippen MR) is 135 cm³/mol. The van der Waals surface area contributed by atoms with E-state index in [4.69, 9.17) is 16.6 Å². The van der Waals surface area contributed by atoms with Gasteiger partial charge in [-0.3, -0.25) is 14.4 Å². The maximum atomic E-state index is 12.9. The van der Waals surface area contributed by atoms with Gasteiger partial charge in [0.25, 0.3) is 0 Å². The average molecular weight is 496 g/mol. The molecule has 1 amide bonds. The minimum absolute atomic E-state index is 0.0642. The molecule has 2 aromatic heterocycles. The van der Waals surface area contributed by atoms with E-state index >= 15 is 0 Å². The lowest BCUT2D eigenvalue weighted by Crippen LogP contribution is -2.34. The maximum Gasteiger partial charge on any atom is 0.222 e. The molecule has 1 atom stereocenters. The number of hydrogen-bond donors (Lipinski definition) is 2. The van der Waals surface area contributed by atoms with Gasteiger partial charge in [-0.05, 0) is 38.5 Å². The summed E-state index contributed by atoms with van der Waals surface area (Å²) in [5.74, 6) is 1.40. The van der Waals surface area contributed by atoms with E-state index in [0.717, 1.165) is 40.9 Å². The number of fused-ring (bicyclic) bond motifs is 3. The van der Waals surface area contributed by atoms with E-state index in [2.05, 4.69) is 44.1 Å². The van der Waals surface area contributed by atoms with Gasteiger partial charge in [-0.15, -0.1) is 21.5 Å². The number of hydrogen-bond acceptors (Lipinski definition) is 7. The van der Waals surface area contributed by atoms with Gasteiger partial charge in [0.05, 0.1) is 18.8 Å². The Hall–Kier alpha value is -3.17. The first kappa shape index (κ1) is 22.6. The molecule has 0 unspecified atom stereocenters. The largest absolute Gasteiger partial charge is 0.373 e. The number of carbonyl (C=O) groups is 1. The second-order valence-electron chi connectivity index (χ2n) is 8.45. The van der Waals surface area contributed by atoms with Gasteiger partial charge in [-0.2, -0.15) is 0 Å². The lowest BCUT2D eigenvalue weighted by atomic mass is 9.99. The number of halogens is 1. The van der Waals surface area contributed by atoms with E-state index < -0.39 is 6.04 Å². The van der Waals surface area contributed by atoms with Crippen LogP contribution in [0.3, 0.4) is 0 Å². The van der Waals surface area contributed by atoms with Gasteiger partial charge in [0, 0.05) is 46.5 Å². The summed E-state index contributed by atoms with van der Waals surface area (Å²) >= 11 is 7.86. The molecule has 8 nitrogen and oxygen atoms in total. The number of aromatic nitrogens is 3. The van der Waals surface area contributed by atoms with Gasteiger partial charge in [0.1, 0.15) is 16.9 Å². The van der Waals surface area contributed by atoms with Gasteiger partial charge in [-0.1, -0.05) is 23.7 Å². The van der Waals surface area contributed by atoms with Crippen LogP contribution in [0.2, 0.25) is 5.02 Å². The van der Waals surface area contributed by atoms with Crippen LogP contribution in [0.1, 0.15) is 45.7 Å². The topological polar surface area (TPSA) is 87.4 Å². The summed E-state index contributed by atoms with van der Waals surface area (Å²) in [6.07, 6.45) is 4.07. The summed E-state index contributed by atoms with van der Waals surface area (Å²) < 4.78 is 2.06. The van der Waals surface area contributed by atoms with E-state index in [9.17, 15) is 4.79 Å². The van der Waals surface area contributed by atoms with E-state index in [1.54, 1.807) is 11.3 Å². The molecule has 2 aliphatic rings. The number of nitrogens with one attached hydrogen (secondary N) is 2. The lowest BCUT2D eigenvalue weighted by Gasteiger charge is -2.16. The normalized spacial score (nSPS) is 16.5. The van der Waals surface area contributed by atoms with Crippen molar-refractivity contribution >= 4 is 34.6 Å². The van der Waals surface area contributed by atoms with Gasteiger partial charge in [0.2, 0.25) is 5.91 Å². The van der Waals surface area contributed by atoms with Crippen LogP contribution < -0.4 is 10.6 Å². The van der Waals surface area contributed by atoms with Crippen molar-refractivity contribution in [1.29, 1.82) is 0 Å². The molecule has 2 aliphatic heterocycles. The summed E-state index contributed by atoms with van der Waals surface area (Å²) in [5, 5.41) is 16.7. The van der Waals surface area contributed by atoms with Crippen molar-refractivity contribution in [3.63, 3.8) is 0 Å². The number of thiophene rings is 1. The number of carbonyl (C=O) groups excluding carboxylic acids is 1. The molecule has 1 aromatic carbocycles. The average Bonchev–Trinajstić information content (AvgIpc) is 3.51. The molecule has 0 bridgehead atoms. The number of aliphatic imine (C=N–C) groups is 1. The first-order valence-corrected chi connectivity index (χ1v) is 12.4. The zero-order valence-electron chi connectivity index (χ0n) is 19.3. The summed E-state index contributed by atoms with van der Waals surface area (Å²) in [6, 6.07) is 7.23. The van der Waals surface area contributed by atoms with Gasteiger partial charge < -0.3 is 15.5 Å². The minimum atomic E-state index is -0.459. The Morgan fingerprint density at radius 1 is 1.24 bits per heavy atom. The third kappa shape index (κ3) is 4.21. The fourth-order valence-electron chi connectivity index (χ4n) is 4.25. The highest BCUT2D eigenvalue weighted by Gasteiger charge is 2.32. The Bertz CT molecular complexity index is 1290. The minimum Gasteiger partial charge on any atom is -0.373 e. The fourth-order valence-corrected chi connectivity index (χ4v) is 5.59. The first-order valence-electron chi connectivity index (χ1n) is 11.2. The molecule has 0 fully saturated rings. The van der Waals surface area contributed by atoms with Gasteiger partial charge in [0.15, 0.2) is 5.82 Å². The van der Waals surface area contributed by atoms with E-state index in [0.29, 0.717) is 17.4 Å². The molecule has 0 saturated heterocycles. The molecule has 2 N–H and O–H groups in total. The Balaban J connectivity index is 1.51. The van der Waals surface area contributed by atoms with Crippen molar-refractivity contribution in [2.45, 2.75) is 33.2 Å². The Morgan fingerprint density at radius 3 is 2.76 bits per heavy atom. The van der Waals surface area contributed by atoms with Crippen LogP contribution in [0.25, 0.3) is 5.00 Å². The number of nitrogens with zero attached hydrogens (tertiary/aromatic N) is 5. The van der Waals surface area contributed by atoms with Crippen LogP contribution >= 0.6 is 22.9 Å². The van der Waals surface area contributed by atoms with Crippen LogP contribution in [0.15, 0.2) is 41.7 Å². The van der Waals surface area contributed by atoms with Gasteiger partial charge >= 0.3 is 0 Å². The fraction of sp³-hybridized carbons (Fsp3) is 0.333. The summed E-state index contributed by atoms with van der Waals surface area (Å²) in [6.45, 7) is 8.23. The zero-order chi connectivity index (χ0) is 23.8. The molecule has 3 aromatic rings. The third-order valence-electron chi connectivity index (χ3n) is 6.15. The molecule has 5 rings (SSSR count). The third-order valence-corrected chi connectivity index (χ3v) is 7.60. The molecular formula is C24H26ClN7OS. The van der Waals surface area contributed by atoms with Crippen molar-refractivity contribution in [1.82, 2.24) is 30.3 Å². The molecule has 4 heterocycles. The summed E-state index contributed by atoms with van der Waals surface area (Å²) in [4.78, 5) is 21.4. The molecule has 10 heteroatoms. The molecule has 0 radical (unpaired) electrons. The highest BCUT2D eigenvalue weighted by Crippen LogP contribution is 2.39. The molecule has 0 saturated carbocycles. The van der Waals surface area contributed by atoms with Crippen molar-refractivity contribution < 1.29 is 4.79 Å². The monoisotopic (exact) mass is 495 g/mol. The van der Waals surface area contributed by atoms with E-state index in [1.807, 2.05) is 43.6 Å². The van der Waals surface area contributed by atoms with Crippen LogP contribution in [0.4, 0.5) is 0 Å². The Kier molecular flexibility index (Phi) is 6.14. The second-order valence-corrected chi connectivity index (χ2v) is 10.1. The van der Waals surface area contributed by atoms with Gasteiger partial charge in [-0.25, -0.2) is 0 Å². The molecule has 0 spiro atoms. The molecule has 0 aliphatic carbocycles. The van der Waals surface area contributed by atoms with Crippen molar-refractivity contribution in [2.24, 2.45) is 4.99 Å². The van der Waals surface area contributed by atoms with Crippen LogP contribution in [-0.4, -0.2) is 51.0 Å².